The van der Waals surface area contributed by atoms with Gasteiger partial charge in [0.25, 0.3) is 0 Å². The van der Waals surface area contributed by atoms with E-state index in [4.69, 9.17) is 4.74 Å². The van der Waals surface area contributed by atoms with E-state index in [0.717, 1.165) is 31.8 Å². The molecule has 104 valence electrons. The molecule has 1 fully saturated rings. The summed E-state index contributed by atoms with van der Waals surface area (Å²) in [4.78, 5) is 16.0. The Morgan fingerprint density at radius 1 is 1.33 bits per heavy atom. The Morgan fingerprint density at radius 2 is 2.00 bits per heavy atom. The molecule has 1 rings (SSSR count). The smallest absolute Gasteiger partial charge is 0.236 e. The van der Waals surface area contributed by atoms with Crippen LogP contribution in [0.3, 0.4) is 0 Å². The summed E-state index contributed by atoms with van der Waals surface area (Å²) in [5.74, 6) is 0.183. The van der Waals surface area contributed by atoms with Crippen molar-refractivity contribution in [1.82, 2.24) is 15.1 Å². The van der Waals surface area contributed by atoms with Gasteiger partial charge in [0.15, 0.2) is 0 Å². The molecule has 0 radical (unpaired) electrons. The lowest BCUT2D eigenvalue weighted by molar-refractivity contribution is -0.131. The molecule has 0 aromatic carbocycles. The lowest BCUT2D eigenvalue weighted by atomic mass is 10.3. The van der Waals surface area contributed by atoms with E-state index in [9.17, 15) is 4.79 Å². The van der Waals surface area contributed by atoms with Gasteiger partial charge in [0, 0.05) is 32.7 Å². The predicted molar refractivity (Wildman–Crippen MR) is 72.6 cm³/mol. The van der Waals surface area contributed by atoms with Crippen LogP contribution in [0.25, 0.3) is 0 Å². The van der Waals surface area contributed by atoms with E-state index in [1.54, 1.807) is 0 Å². The number of nitrogens with zero attached hydrogens (tertiary/aromatic N) is 2. The highest BCUT2D eigenvalue weighted by atomic mass is 16.5. The lowest BCUT2D eigenvalue weighted by Crippen LogP contribution is -2.49. The Kier molecular flexibility index (Phi) is 6.93. The van der Waals surface area contributed by atoms with Gasteiger partial charge in [-0.2, -0.15) is 0 Å². The number of carbonyl (C=O) groups is 1. The van der Waals surface area contributed by atoms with Crippen molar-refractivity contribution >= 4 is 5.91 Å². The third kappa shape index (κ3) is 6.14. The van der Waals surface area contributed by atoms with Gasteiger partial charge in [-0.15, -0.1) is 0 Å². The van der Waals surface area contributed by atoms with Crippen LogP contribution in [0.15, 0.2) is 12.2 Å². The standard InChI is InChI=1S/C13H25N3O2/c1-12(2)11-18-9-4-14-10-13(17)16-7-5-15(3)6-8-16/h14H,1,4-11H2,2-3H3. The normalized spacial score (nSPS) is 16.9. The molecule has 0 bridgehead atoms. The zero-order valence-electron chi connectivity index (χ0n) is 11.6. The molecule has 0 spiro atoms. The second kappa shape index (κ2) is 8.24. The van der Waals surface area contributed by atoms with Crippen molar-refractivity contribution < 1.29 is 9.53 Å². The van der Waals surface area contributed by atoms with Crippen LogP contribution in [0.2, 0.25) is 0 Å². The van der Waals surface area contributed by atoms with Crippen LogP contribution in [0.5, 0.6) is 0 Å². The van der Waals surface area contributed by atoms with Crippen molar-refractivity contribution in [2.24, 2.45) is 0 Å². The number of carbonyl (C=O) groups excluding carboxylic acids is 1. The highest BCUT2D eigenvalue weighted by Gasteiger charge is 2.17. The highest BCUT2D eigenvalue weighted by molar-refractivity contribution is 5.78. The van der Waals surface area contributed by atoms with Crippen LogP contribution in [0, 0.1) is 0 Å². The number of hydrogen-bond acceptors (Lipinski definition) is 4. The van der Waals surface area contributed by atoms with Crippen LogP contribution in [0.4, 0.5) is 0 Å². The topological polar surface area (TPSA) is 44.8 Å². The van der Waals surface area contributed by atoms with Gasteiger partial charge in [0.05, 0.1) is 19.8 Å². The van der Waals surface area contributed by atoms with Crippen molar-refractivity contribution in [2.45, 2.75) is 6.92 Å². The molecule has 1 aliphatic heterocycles. The van der Waals surface area contributed by atoms with E-state index >= 15 is 0 Å². The predicted octanol–water partition coefficient (Wildman–Crippen LogP) is -0.0573. The van der Waals surface area contributed by atoms with Crippen molar-refractivity contribution in [3.05, 3.63) is 12.2 Å². The maximum Gasteiger partial charge on any atom is 0.236 e. The van der Waals surface area contributed by atoms with E-state index in [1.165, 1.54) is 0 Å². The molecule has 0 atom stereocenters. The average molecular weight is 255 g/mol. The summed E-state index contributed by atoms with van der Waals surface area (Å²) in [6.07, 6.45) is 0. The molecule has 1 N–H and O–H groups in total. The third-order valence-electron chi connectivity index (χ3n) is 2.90. The first-order chi connectivity index (χ1) is 8.59. The maximum absolute atomic E-state index is 11.8. The quantitative estimate of drug-likeness (QED) is 0.511. The van der Waals surface area contributed by atoms with Gasteiger partial charge < -0.3 is 19.9 Å². The molecular weight excluding hydrogens is 230 g/mol. The van der Waals surface area contributed by atoms with Crippen LogP contribution in [0.1, 0.15) is 6.92 Å². The van der Waals surface area contributed by atoms with E-state index < -0.39 is 0 Å². The molecule has 1 amide bonds. The fraction of sp³-hybridized carbons (Fsp3) is 0.769. The molecule has 0 aromatic heterocycles. The summed E-state index contributed by atoms with van der Waals surface area (Å²) in [5.41, 5.74) is 1.02. The molecule has 0 aliphatic carbocycles. The second-order valence-corrected chi connectivity index (χ2v) is 4.87. The first-order valence-corrected chi connectivity index (χ1v) is 6.48. The van der Waals surface area contributed by atoms with Gasteiger partial charge in [0.2, 0.25) is 5.91 Å². The number of piperazine rings is 1. The van der Waals surface area contributed by atoms with Crippen LogP contribution < -0.4 is 5.32 Å². The lowest BCUT2D eigenvalue weighted by Gasteiger charge is -2.32. The van der Waals surface area contributed by atoms with Crippen molar-refractivity contribution in [3.8, 4) is 0 Å². The first-order valence-electron chi connectivity index (χ1n) is 6.48. The molecule has 0 unspecified atom stereocenters. The molecule has 5 nitrogen and oxygen atoms in total. The Hall–Kier alpha value is -0.910. The van der Waals surface area contributed by atoms with Crippen LogP contribution in [-0.4, -0.2) is 75.2 Å². The highest BCUT2D eigenvalue weighted by Crippen LogP contribution is 1.98. The Labute approximate surface area is 110 Å². The minimum absolute atomic E-state index is 0.183. The van der Waals surface area contributed by atoms with Crippen molar-refractivity contribution in [1.29, 1.82) is 0 Å². The number of rotatable bonds is 7. The van der Waals surface area contributed by atoms with Crippen LogP contribution >= 0.6 is 0 Å². The van der Waals surface area contributed by atoms with Gasteiger partial charge in [-0.3, -0.25) is 4.79 Å². The number of nitrogens with one attached hydrogen (secondary N) is 1. The molecule has 18 heavy (non-hydrogen) atoms. The Bertz CT molecular complexity index is 273. The number of amides is 1. The Morgan fingerprint density at radius 3 is 2.61 bits per heavy atom. The van der Waals surface area contributed by atoms with E-state index in [-0.39, 0.29) is 5.91 Å². The summed E-state index contributed by atoms with van der Waals surface area (Å²) in [5, 5.41) is 3.11. The molecule has 5 heteroatoms. The van der Waals surface area contributed by atoms with Crippen molar-refractivity contribution in [2.75, 3.05) is 59.5 Å². The molecule has 1 heterocycles. The largest absolute Gasteiger partial charge is 0.376 e. The minimum Gasteiger partial charge on any atom is -0.376 e. The number of likely N-dealkylation sites (N-methyl/N-ethyl adjacent to an activating group) is 1. The molecule has 1 aliphatic rings. The number of hydrogen-bond donors (Lipinski definition) is 1. The van der Waals surface area contributed by atoms with Crippen LogP contribution in [-0.2, 0) is 9.53 Å². The Balaban J connectivity index is 2.01. The second-order valence-electron chi connectivity index (χ2n) is 4.87. The van der Waals surface area contributed by atoms with Gasteiger partial charge >= 0.3 is 0 Å². The fourth-order valence-electron chi connectivity index (χ4n) is 1.75. The fourth-order valence-corrected chi connectivity index (χ4v) is 1.75. The molecule has 0 saturated carbocycles. The van der Waals surface area contributed by atoms with E-state index in [2.05, 4.69) is 23.8 Å². The van der Waals surface area contributed by atoms with Gasteiger partial charge in [0.1, 0.15) is 0 Å². The summed E-state index contributed by atoms with van der Waals surface area (Å²) in [6.45, 7) is 11.6. The molecular formula is C13H25N3O2. The van der Waals surface area contributed by atoms with Gasteiger partial charge in [-0.1, -0.05) is 12.2 Å². The summed E-state index contributed by atoms with van der Waals surface area (Å²) < 4.78 is 5.34. The van der Waals surface area contributed by atoms with Gasteiger partial charge in [-0.05, 0) is 14.0 Å². The maximum atomic E-state index is 11.8. The summed E-state index contributed by atoms with van der Waals surface area (Å²) in [6, 6.07) is 0. The molecule has 0 aromatic rings. The average Bonchev–Trinajstić information content (AvgIpc) is 2.34. The zero-order valence-corrected chi connectivity index (χ0v) is 11.6. The van der Waals surface area contributed by atoms with Gasteiger partial charge in [-0.25, -0.2) is 0 Å². The van der Waals surface area contributed by atoms with E-state index in [0.29, 0.717) is 26.3 Å². The monoisotopic (exact) mass is 255 g/mol. The summed E-state index contributed by atoms with van der Waals surface area (Å²) in [7, 11) is 2.08. The molecule has 1 saturated heterocycles. The minimum atomic E-state index is 0.183. The van der Waals surface area contributed by atoms with E-state index in [1.807, 2.05) is 11.8 Å². The zero-order chi connectivity index (χ0) is 13.4. The first kappa shape index (κ1) is 15.1. The summed E-state index contributed by atoms with van der Waals surface area (Å²) >= 11 is 0. The number of ether oxygens (including phenoxy) is 1. The SMILES string of the molecule is C=C(C)COCCNCC(=O)N1CCN(C)CC1. The third-order valence-corrected chi connectivity index (χ3v) is 2.90. The van der Waals surface area contributed by atoms with Crippen molar-refractivity contribution in [3.63, 3.8) is 0 Å².